The second-order valence-corrected chi connectivity index (χ2v) is 10.7. The first-order valence-corrected chi connectivity index (χ1v) is 13.3. The molecule has 1 aromatic carbocycles. The Morgan fingerprint density at radius 3 is 2.32 bits per heavy atom. The van der Waals surface area contributed by atoms with Gasteiger partial charge in [-0.25, -0.2) is 9.78 Å². The Bertz CT molecular complexity index is 1490. The molecule has 3 heterocycles. The Morgan fingerprint density at radius 1 is 1.07 bits per heavy atom. The maximum atomic E-state index is 13.8. The van der Waals surface area contributed by atoms with Gasteiger partial charge in [-0.3, -0.25) is 4.90 Å². The number of aromatic nitrogens is 1. The van der Waals surface area contributed by atoms with Crippen LogP contribution in [0.25, 0.3) is 11.1 Å². The van der Waals surface area contributed by atoms with Gasteiger partial charge < -0.3 is 9.47 Å². The monoisotopic (exact) mass is 634 g/mol. The van der Waals surface area contributed by atoms with Crippen molar-refractivity contribution in [1.29, 1.82) is 0 Å². The number of allylic oxidation sites excluding steroid dienone is 3. The summed E-state index contributed by atoms with van der Waals surface area (Å²) in [5.74, 6) is 0.124. The lowest BCUT2D eigenvalue weighted by atomic mass is 9.90. The predicted molar refractivity (Wildman–Crippen MR) is 142 cm³/mol. The Balaban J connectivity index is 1.77. The van der Waals surface area contributed by atoms with Crippen LogP contribution in [-0.2, 0) is 10.9 Å². The van der Waals surface area contributed by atoms with Gasteiger partial charge in [0.2, 0.25) is 5.88 Å². The third-order valence-electron chi connectivity index (χ3n) is 7.46. The first-order valence-electron chi connectivity index (χ1n) is 13.3. The highest BCUT2D eigenvalue weighted by molar-refractivity contribution is 5.77. The number of ether oxygens (including phenoxy) is 2. The molecule has 0 bridgehead atoms. The number of amides is 1. The number of rotatable bonds is 7. The number of benzene rings is 1. The van der Waals surface area contributed by atoms with E-state index >= 15 is 0 Å². The predicted octanol–water partition coefficient (Wildman–Crippen LogP) is 9.09. The molecule has 0 aliphatic carbocycles. The maximum Gasteiger partial charge on any atom is 0.416 e. The SMILES string of the molecule is C=C(/C=C(\C=C\C(F)(F)F)C(F)(F)F)[C@H]1OC(=O)N2C1CC[C@H]2c1cc(C(F)(F)F)ccc1-c1cc(C(C)C)cnc1OC. The van der Waals surface area contributed by atoms with E-state index in [0.29, 0.717) is 17.2 Å². The molecule has 2 aliphatic heterocycles. The molecule has 4 rings (SSSR count). The van der Waals surface area contributed by atoms with E-state index in [2.05, 4.69) is 11.6 Å². The lowest BCUT2D eigenvalue weighted by Gasteiger charge is -2.26. The van der Waals surface area contributed by atoms with Gasteiger partial charge in [-0.2, -0.15) is 39.5 Å². The molecule has 0 saturated carbocycles. The maximum absolute atomic E-state index is 13.8. The fraction of sp³-hybridized carbons (Fsp3) is 0.400. The van der Waals surface area contributed by atoms with Crippen molar-refractivity contribution in [2.75, 3.05) is 7.11 Å². The van der Waals surface area contributed by atoms with E-state index in [1.165, 1.54) is 13.2 Å². The number of fused-ring (bicyclic) bond motifs is 1. The summed E-state index contributed by atoms with van der Waals surface area (Å²) in [4.78, 5) is 18.5. The molecule has 2 aliphatic rings. The lowest BCUT2D eigenvalue weighted by Crippen LogP contribution is -2.33. The van der Waals surface area contributed by atoms with Gasteiger partial charge in [-0.05, 0) is 71.4 Å². The van der Waals surface area contributed by atoms with Gasteiger partial charge in [0.05, 0.1) is 30.3 Å². The Morgan fingerprint density at radius 2 is 1.75 bits per heavy atom. The first-order chi connectivity index (χ1) is 20.3. The number of pyridine rings is 1. The summed E-state index contributed by atoms with van der Waals surface area (Å²) in [5.41, 5.74) is -1.57. The minimum absolute atomic E-state index is 0.00173. The molecule has 0 radical (unpaired) electrons. The summed E-state index contributed by atoms with van der Waals surface area (Å²) in [5, 5.41) is 0. The second-order valence-electron chi connectivity index (χ2n) is 10.7. The molecule has 238 valence electrons. The van der Waals surface area contributed by atoms with Crippen molar-refractivity contribution in [3.63, 3.8) is 0 Å². The number of methoxy groups -OCH3 is 1. The van der Waals surface area contributed by atoms with Gasteiger partial charge in [-0.1, -0.05) is 26.5 Å². The summed E-state index contributed by atoms with van der Waals surface area (Å²) in [6, 6.07) is 2.83. The highest BCUT2D eigenvalue weighted by atomic mass is 19.4. The molecule has 3 atom stereocenters. The van der Waals surface area contributed by atoms with Crippen LogP contribution in [0.4, 0.5) is 44.3 Å². The Hall–Kier alpha value is -3.97. The Labute approximate surface area is 246 Å². The summed E-state index contributed by atoms with van der Waals surface area (Å²) in [6.07, 6.45) is -15.9. The molecule has 2 fully saturated rings. The topological polar surface area (TPSA) is 51.7 Å². The van der Waals surface area contributed by atoms with Crippen molar-refractivity contribution in [2.24, 2.45) is 0 Å². The fourth-order valence-corrected chi connectivity index (χ4v) is 5.36. The summed E-state index contributed by atoms with van der Waals surface area (Å²) in [7, 11) is 1.34. The quantitative estimate of drug-likeness (QED) is 0.225. The van der Waals surface area contributed by atoms with Crippen molar-refractivity contribution >= 4 is 6.09 Å². The third-order valence-corrected chi connectivity index (χ3v) is 7.46. The molecule has 2 saturated heterocycles. The summed E-state index contributed by atoms with van der Waals surface area (Å²) >= 11 is 0. The lowest BCUT2D eigenvalue weighted by molar-refractivity contribution is -0.137. The van der Waals surface area contributed by atoms with Crippen molar-refractivity contribution in [1.82, 2.24) is 9.88 Å². The van der Waals surface area contributed by atoms with E-state index in [0.717, 1.165) is 22.6 Å². The Kier molecular flexibility index (Phi) is 8.87. The smallest absolute Gasteiger partial charge is 0.416 e. The van der Waals surface area contributed by atoms with Gasteiger partial charge in [-0.15, -0.1) is 0 Å². The van der Waals surface area contributed by atoms with Crippen molar-refractivity contribution < 1.29 is 53.8 Å². The number of carbonyl (C=O) groups excluding carboxylic acids is 1. The number of halogens is 9. The van der Waals surface area contributed by atoms with E-state index in [9.17, 15) is 44.3 Å². The van der Waals surface area contributed by atoms with Crippen LogP contribution in [0.3, 0.4) is 0 Å². The van der Waals surface area contributed by atoms with Crippen LogP contribution in [0.15, 0.2) is 66.4 Å². The molecule has 1 aromatic heterocycles. The molecule has 2 aromatic rings. The molecule has 0 N–H and O–H groups in total. The number of nitrogens with zero attached hydrogens (tertiary/aromatic N) is 2. The number of hydrogen-bond donors (Lipinski definition) is 0. The van der Waals surface area contributed by atoms with Gasteiger partial charge in [0, 0.05) is 17.8 Å². The standard InChI is InChI=1S/C30H27F9N2O3/c1-15(2)17-12-22(26(43-4)40-14-17)20-6-5-18(29(34,35)36)13-21(20)23-7-8-24-25(44-27(42)41(23)24)16(3)11-19(30(37,38)39)9-10-28(31,32)33/h5-6,9-15,23-25H,3,7-8H2,1-2,4H3/b10-9+,19-11+/t23-,24?,25+/m0/s1. The van der Waals surface area contributed by atoms with E-state index < -0.39 is 65.6 Å². The van der Waals surface area contributed by atoms with Crippen LogP contribution < -0.4 is 4.74 Å². The van der Waals surface area contributed by atoms with E-state index in [4.69, 9.17) is 9.47 Å². The van der Waals surface area contributed by atoms with Gasteiger partial charge in [0.1, 0.15) is 6.10 Å². The van der Waals surface area contributed by atoms with Crippen LogP contribution in [0.5, 0.6) is 5.88 Å². The molecule has 1 amide bonds. The number of cyclic esters (lactones) is 1. The van der Waals surface area contributed by atoms with E-state index in [1.807, 2.05) is 13.8 Å². The van der Waals surface area contributed by atoms with Gasteiger partial charge >= 0.3 is 24.6 Å². The second kappa shape index (κ2) is 11.8. The largest absolute Gasteiger partial charge is 0.481 e. The highest BCUT2D eigenvalue weighted by Crippen LogP contribution is 2.48. The van der Waals surface area contributed by atoms with Crippen LogP contribution in [-0.4, -0.2) is 47.6 Å². The molecular weight excluding hydrogens is 607 g/mol. The number of carbonyl (C=O) groups is 1. The fourth-order valence-electron chi connectivity index (χ4n) is 5.36. The molecule has 44 heavy (non-hydrogen) atoms. The van der Waals surface area contributed by atoms with Gasteiger partial charge in [0.15, 0.2) is 0 Å². The minimum Gasteiger partial charge on any atom is -0.481 e. The highest BCUT2D eigenvalue weighted by Gasteiger charge is 2.51. The minimum atomic E-state index is -5.18. The molecular formula is C30H27F9N2O3. The molecule has 5 nitrogen and oxygen atoms in total. The first kappa shape index (κ1) is 32.9. The van der Waals surface area contributed by atoms with Crippen molar-refractivity contribution in [3.05, 3.63) is 83.1 Å². The number of hydrogen-bond acceptors (Lipinski definition) is 4. The average molecular weight is 635 g/mol. The van der Waals surface area contributed by atoms with Crippen LogP contribution in [0.2, 0.25) is 0 Å². The zero-order valence-electron chi connectivity index (χ0n) is 23.6. The number of alkyl halides is 9. The van der Waals surface area contributed by atoms with Gasteiger partial charge in [0.25, 0.3) is 0 Å². The summed E-state index contributed by atoms with van der Waals surface area (Å²) in [6.45, 7) is 7.31. The van der Waals surface area contributed by atoms with Crippen LogP contribution in [0, 0.1) is 0 Å². The molecule has 1 unspecified atom stereocenters. The van der Waals surface area contributed by atoms with Crippen molar-refractivity contribution in [3.8, 4) is 17.0 Å². The van der Waals surface area contributed by atoms with Crippen molar-refractivity contribution in [2.45, 2.75) is 69.3 Å². The average Bonchev–Trinajstić information content (AvgIpc) is 3.49. The van der Waals surface area contributed by atoms with Crippen LogP contribution >= 0.6 is 0 Å². The molecule has 0 spiro atoms. The van der Waals surface area contributed by atoms with E-state index in [-0.39, 0.29) is 36.3 Å². The zero-order valence-corrected chi connectivity index (χ0v) is 23.6. The zero-order chi connectivity index (χ0) is 32.8. The normalized spacial score (nSPS) is 21.3. The van der Waals surface area contributed by atoms with Crippen LogP contribution in [0.1, 0.15) is 55.3 Å². The van der Waals surface area contributed by atoms with E-state index in [1.54, 1.807) is 12.3 Å². The third kappa shape index (κ3) is 6.88. The summed E-state index contributed by atoms with van der Waals surface area (Å²) < 4.78 is 130. The molecule has 14 heteroatoms.